The van der Waals surface area contributed by atoms with E-state index in [2.05, 4.69) is 43.5 Å². The highest BCUT2D eigenvalue weighted by atomic mass is 16.3. The summed E-state index contributed by atoms with van der Waals surface area (Å²) in [6.07, 6.45) is 55.9. The number of aliphatic hydroxyl groups is 3. The van der Waals surface area contributed by atoms with Crippen LogP contribution in [0.4, 0.5) is 0 Å². The van der Waals surface area contributed by atoms with Crippen LogP contribution in [0.3, 0.4) is 0 Å². The molecule has 4 N–H and O–H groups in total. The number of carbonyl (C=O) groups excluding carboxylic acids is 1. The Kier molecular flexibility index (Phi) is 44.6. The van der Waals surface area contributed by atoms with Crippen LogP contribution < -0.4 is 5.32 Å². The van der Waals surface area contributed by atoms with Crippen LogP contribution in [0.5, 0.6) is 0 Å². The molecule has 5 nitrogen and oxygen atoms in total. The maximum absolute atomic E-state index is 12.4. The Morgan fingerprint density at radius 3 is 1.11 bits per heavy atom. The molecule has 3 atom stereocenters. The fraction of sp³-hybridized carbons (Fsp3) is 0.900. The lowest BCUT2D eigenvalue weighted by Gasteiger charge is -2.26. The molecule has 0 radical (unpaired) electrons. The molecule has 0 saturated carbocycles. The SMILES string of the molecule is CCCCCCCCCCCCCCCC/C=C/CC/C=C/CCCC(O)C(O)C(CO)NC(=O)CCCCCCCCCCCCCCCCCCCC. The van der Waals surface area contributed by atoms with Crippen molar-refractivity contribution in [3.63, 3.8) is 0 Å². The van der Waals surface area contributed by atoms with E-state index in [1.807, 2.05) is 0 Å². The molecule has 0 bridgehead atoms. The molecule has 0 aromatic rings. The minimum atomic E-state index is -1.16. The van der Waals surface area contributed by atoms with Gasteiger partial charge in [0.25, 0.3) is 0 Å². The van der Waals surface area contributed by atoms with Gasteiger partial charge in [-0.3, -0.25) is 4.79 Å². The minimum Gasteiger partial charge on any atom is -0.394 e. The van der Waals surface area contributed by atoms with Crippen molar-refractivity contribution < 1.29 is 20.1 Å². The van der Waals surface area contributed by atoms with E-state index in [9.17, 15) is 20.1 Å². The molecule has 0 fully saturated rings. The largest absolute Gasteiger partial charge is 0.394 e. The lowest BCUT2D eigenvalue weighted by Crippen LogP contribution is -2.50. The third kappa shape index (κ3) is 40.8. The zero-order valence-electron chi connectivity index (χ0n) is 37.1. The number of nitrogens with one attached hydrogen (secondary N) is 1. The first kappa shape index (κ1) is 53.8. The van der Waals surface area contributed by atoms with Gasteiger partial charge in [-0.1, -0.05) is 231 Å². The minimum absolute atomic E-state index is 0.154. The van der Waals surface area contributed by atoms with Crippen molar-refractivity contribution in [2.75, 3.05) is 6.61 Å². The van der Waals surface area contributed by atoms with Gasteiger partial charge in [0.1, 0.15) is 6.10 Å². The van der Waals surface area contributed by atoms with Crippen LogP contribution in [-0.2, 0) is 4.79 Å². The zero-order chi connectivity index (χ0) is 40.1. The van der Waals surface area contributed by atoms with Crippen LogP contribution in [0.1, 0.15) is 264 Å². The van der Waals surface area contributed by atoms with Crippen molar-refractivity contribution in [1.29, 1.82) is 0 Å². The molecule has 5 heteroatoms. The van der Waals surface area contributed by atoms with Crippen molar-refractivity contribution in [3.05, 3.63) is 24.3 Å². The second kappa shape index (κ2) is 45.5. The number of hydrogen-bond acceptors (Lipinski definition) is 4. The van der Waals surface area contributed by atoms with Crippen molar-refractivity contribution in [2.45, 2.75) is 283 Å². The van der Waals surface area contributed by atoms with E-state index in [4.69, 9.17) is 0 Å². The molecule has 0 aliphatic carbocycles. The zero-order valence-corrected chi connectivity index (χ0v) is 37.1. The van der Waals surface area contributed by atoms with Crippen molar-refractivity contribution in [2.24, 2.45) is 0 Å². The maximum atomic E-state index is 12.4. The molecule has 55 heavy (non-hydrogen) atoms. The summed E-state index contributed by atoms with van der Waals surface area (Å²) < 4.78 is 0. The molecule has 0 rings (SSSR count). The summed E-state index contributed by atoms with van der Waals surface area (Å²) in [5.74, 6) is -0.154. The Balaban J connectivity index is 3.63. The van der Waals surface area contributed by atoms with Crippen molar-refractivity contribution >= 4 is 5.91 Å². The van der Waals surface area contributed by atoms with Gasteiger partial charge in [-0.25, -0.2) is 0 Å². The van der Waals surface area contributed by atoms with Crippen LogP contribution in [0.15, 0.2) is 24.3 Å². The van der Waals surface area contributed by atoms with Crippen LogP contribution in [0, 0.1) is 0 Å². The highest BCUT2D eigenvalue weighted by molar-refractivity contribution is 5.76. The molecule has 1 amide bonds. The van der Waals surface area contributed by atoms with Crippen LogP contribution in [0.2, 0.25) is 0 Å². The fourth-order valence-corrected chi connectivity index (χ4v) is 7.71. The summed E-state index contributed by atoms with van der Waals surface area (Å²) in [4.78, 5) is 12.4. The van der Waals surface area contributed by atoms with Crippen molar-refractivity contribution in [1.82, 2.24) is 5.32 Å². The molecule has 0 aromatic carbocycles. The highest BCUT2D eigenvalue weighted by Gasteiger charge is 2.26. The Hall–Kier alpha value is -1.17. The monoisotopic (exact) mass is 776 g/mol. The van der Waals surface area contributed by atoms with E-state index in [1.165, 1.54) is 193 Å². The molecule has 0 aliphatic rings. The number of unbranched alkanes of at least 4 members (excludes halogenated alkanes) is 33. The third-order valence-corrected chi connectivity index (χ3v) is 11.5. The lowest BCUT2D eigenvalue weighted by atomic mass is 10.0. The van der Waals surface area contributed by atoms with E-state index in [0.717, 1.165) is 44.9 Å². The van der Waals surface area contributed by atoms with Gasteiger partial charge in [-0.15, -0.1) is 0 Å². The molecular weight excluding hydrogens is 679 g/mol. The molecule has 0 aromatic heterocycles. The molecule has 0 heterocycles. The van der Waals surface area contributed by atoms with E-state index < -0.39 is 18.2 Å². The Labute approximate surface area is 343 Å². The van der Waals surface area contributed by atoms with Gasteiger partial charge in [0, 0.05) is 6.42 Å². The molecule has 0 spiro atoms. The summed E-state index contributed by atoms with van der Waals surface area (Å²) >= 11 is 0. The Bertz CT molecular complexity index is 814. The van der Waals surface area contributed by atoms with Crippen LogP contribution >= 0.6 is 0 Å². The van der Waals surface area contributed by atoms with E-state index in [1.54, 1.807) is 0 Å². The van der Waals surface area contributed by atoms with Gasteiger partial charge in [-0.05, 0) is 51.4 Å². The first-order valence-electron chi connectivity index (χ1n) is 24.6. The summed E-state index contributed by atoms with van der Waals surface area (Å²) in [7, 11) is 0. The number of rotatable bonds is 45. The number of aliphatic hydroxyl groups excluding tert-OH is 3. The quantitative estimate of drug-likeness (QED) is 0.0366. The van der Waals surface area contributed by atoms with Gasteiger partial charge in [0.15, 0.2) is 0 Å². The second-order valence-corrected chi connectivity index (χ2v) is 17.0. The first-order valence-corrected chi connectivity index (χ1v) is 24.6. The molecule has 0 aliphatic heterocycles. The lowest BCUT2D eigenvalue weighted by molar-refractivity contribution is -0.124. The number of amides is 1. The van der Waals surface area contributed by atoms with Gasteiger partial charge in [-0.2, -0.15) is 0 Å². The molecule has 326 valence electrons. The fourth-order valence-electron chi connectivity index (χ4n) is 7.71. The van der Waals surface area contributed by atoms with Gasteiger partial charge in [0.2, 0.25) is 5.91 Å². The maximum Gasteiger partial charge on any atom is 0.220 e. The average molecular weight is 776 g/mol. The van der Waals surface area contributed by atoms with E-state index in [0.29, 0.717) is 12.8 Å². The Morgan fingerprint density at radius 1 is 0.436 bits per heavy atom. The third-order valence-electron chi connectivity index (χ3n) is 11.5. The topological polar surface area (TPSA) is 89.8 Å². The predicted molar refractivity (Wildman–Crippen MR) is 241 cm³/mol. The van der Waals surface area contributed by atoms with E-state index >= 15 is 0 Å². The van der Waals surface area contributed by atoms with Gasteiger partial charge < -0.3 is 20.6 Å². The standard InChI is InChI=1S/C50H97NO4/c1-3-5-7-9-11-13-15-17-19-21-23-24-25-26-27-28-30-32-34-36-38-40-42-44-48(53)50(55)47(46-52)51-49(54)45-43-41-39-37-35-33-31-29-22-20-18-16-14-12-10-8-6-4-2/h28,30,36,38,47-48,50,52-53,55H,3-27,29,31-35,37,39-46H2,1-2H3,(H,51,54)/b30-28+,38-36+. The van der Waals surface area contributed by atoms with Crippen molar-refractivity contribution in [3.8, 4) is 0 Å². The number of allylic oxidation sites excluding steroid dienone is 4. The van der Waals surface area contributed by atoms with Gasteiger partial charge in [0.05, 0.1) is 18.8 Å². The van der Waals surface area contributed by atoms with E-state index in [-0.39, 0.29) is 12.5 Å². The summed E-state index contributed by atoms with van der Waals surface area (Å²) in [6.45, 7) is 4.19. The van der Waals surface area contributed by atoms with Crippen LogP contribution in [-0.4, -0.2) is 46.1 Å². The van der Waals surface area contributed by atoms with Gasteiger partial charge >= 0.3 is 0 Å². The normalized spacial score (nSPS) is 13.6. The molecule has 3 unspecified atom stereocenters. The molecular formula is C50H97NO4. The summed E-state index contributed by atoms with van der Waals surface area (Å²) in [5.41, 5.74) is 0. The number of hydrogen-bond donors (Lipinski definition) is 4. The Morgan fingerprint density at radius 2 is 0.745 bits per heavy atom. The smallest absolute Gasteiger partial charge is 0.220 e. The molecule has 0 saturated heterocycles. The second-order valence-electron chi connectivity index (χ2n) is 17.0. The predicted octanol–water partition coefficient (Wildman–Crippen LogP) is 14.6. The summed E-state index contributed by atoms with van der Waals surface area (Å²) in [5, 5.41) is 33.6. The number of carbonyl (C=O) groups is 1. The first-order chi connectivity index (χ1) is 27.1. The summed E-state index contributed by atoms with van der Waals surface area (Å²) in [6, 6.07) is -0.829. The average Bonchev–Trinajstić information content (AvgIpc) is 3.19. The van der Waals surface area contributed by atoms with Crippen LogP contribution in [0.25, 0.3) is 0 Å². The highest BCUT2D eigenvalue weighted by Crippen LogP contribution is 2.16.